The second kappa shape index (κ2) is 9.88. The number of carbonyl (C=O) groups is 2. The van der Waals surface area contributed by atoms with Crippen molar-refractivity contribution >= 4 is 23.6 Å². The molecule has 2 N–H and O–H groups in total. The Labute approximate surface area is 151 Å². The van der Waals surface area contributed by atoms with E-state index in [1.807, 2.05) is 36.6 Å². The van der Waals surface area contributed by atoms with Gasteiger partial charge >= 0.3 is 0 Å². The molecule has 0 saturated heterocycles. The van der Waals surface area contributed by atoms with Gasteiger partial charge in [0.1, 0.15) is 11.7 Å². The summed E-state index contributed by atoms with van der Waals surface area (Å²) in [6.45, 7) is 1.99. The maximum Gasteiger partial charge on any atom is 0.242 e. The zero-order valence-corrected chi connectivity index (χ0v) is 15.3. The first-order chi connectivity index (χ1) is 12.1. The summed E-state index contributed by atoms with van der Waals surface area (Å²) in [6, 6.07) is 11.0. The molecule has 25 heavy (non-hydrogen) atoms. The molecule has 2 amide bonds. The molecule has 1 aromatic heterocycles. The van der Waals surface area contributed by atoms with Crippen LogP contribution in [0.3, 0.4) is 0 Å². The number of rotatable bonds is 9. The van der Waals surface area contributed by atoms with E-state index >= 15 is 0 Å². The van der Waals surface area contributed by atoms with Crippen molar-refractivity contribution in [1.29, 1.82) is 0 Å². The molecule has 2 rings (SSSR count). The predicted molar refractivity (Wildman–Crippen MR) is 99.0 cm³/mol. The number of carbonyl (C=O) groups excluding carboxylic acids is 2. The van der Waals surface area contributed by atoms with Gasteiger partial charge in [-0.1, -0.05) is 42.4 Å². The Hall–Kier alpha value is -2.28. The minimum absolute atomic E-state index is 0.132. The van der Waals surface area contributed by atoms with Gasteiger partial charge in [0.05, 0.1) is 6.54 Å². The Morgan fingerprint density at radius 3 is 2.72 bits per heavy atom. The summed E-state index contributed by atoms with van der Waals surface area (Å²) < 4.78 is 5.28. The van der Waals surface area contributed by atoms with Crippen LogP contribution >= 0.6 is 11.8 Å². The van der Waals surface area contributed by atoms with Gasteiger partial charge in [-0.2, -0.15) is 11.8 Å². The van der Waals surface area contributed by atoms with Crippen LogP contribution in [0.4, 0.5) is 0 Å². The fourth-order valence-electron chi connectivity index (χ4n) is 2.24. The summed E-state index contributed by atoms with van der Waals surface area (Å²) in [5, 5.41) is 9.58. The van der Waals surface area contributed by atoms with E-state index in [0.717, 1.165) is 17.0 Å². The number of amides is 2. The van der Waals surface area contributed by atoms with E-state index in [2.05, 4.69) is 15.8 Å². The van der Waals surface area contributed by atoms with Crippen LogP contribution < -0.4 is 10.6 Å². The van der Waals surface area contributed by atoms with Gasteiger partial charge in [0.15, 0.2) is 5.76 Å². The molecule has 0 spiro atoms. The molecule has 0 aliphatic carbocycles. The predicted octanol–water partition coefficient (Wildman–Crippen LogP) is 2.61. The van der Waals surface area contributed by atoms with E-state index in [1.54, 1.807) is 24.8 Å². The second-order valence-electron chi connectivity index (χ2n) is 5.52. The molecule has 134 valence electrons. The summed E-state index contributed by atoms with van der Waals surface area (Å²) in [5.41, 5.74) is 1.68. The largest absolute Gasteiger partial charge is 0.359 e. The van der Waals surface area contributed by atoms with Crippen LogP contribution in [0.25, 0.3) is 11.3 Å². The lowest BCUT2D eigenvalue weighted by Gasteiger charge is -2.17. The molecule has 1 unspecified atom stereocenters. The number of hydrogen-bond acceptors (Lipinski definition) is 5. The number of thioether (sulfide) groups is 1. The van der Waals surface area contributed by atoms with Crippen molar-refractivity contribution in [2.75, 3.05) is 12.0 Å². The Bertz CT molecular complexity index is 688. The summed E-state index contributed by atoms with van der Waals surface area (Å²) >= 11 is 1.64. The number of aromatic nitrogens is 1. The molecule has 0 radical (unpaired) electrons. The second-order valence-corrected chi connectivity index (χ2v) is 6.50. The van der Waals surface area contributed by atoms with Crippen molar-refractivity contribution in [3.8, 4) is 11.3 Å². The lowest BCUT2D eigenvalue weighted by molar-refractivity contribution is -0.129. The first kappa shape index (κ1) is 19.1. The third kappa shape index (κ3) is 5.94. The van der Waals surface area contributed by atoms with E-state index in [1.165, 1.54) is 0 Å². The SMILES string of the molecule is CCC(=O)NC(CCSC)C(=O)NCc1cc(-c2ccccc2)no1. The Balaban J connectivity index is 1.93. The van der Waals surface area contributed by atoms with E-state index in [0.29, 0.717) is 18.6 Å². The molecule has 0 saturated carbocycles. The first-order valence-corrected chi connectivity index (χ1v) is 9.60. The highest BCUT2D eigenvalue weighted by molar-refractivity contribution is 7.98. The summed E-state index contributed by atoms with van der Waals surface area (Å²) in [7, 11) is 0. The topological polar surface area (TPSA) is 84.2 Å². The van der Waals surface area contributed by atoms with Crippen molar-refractivity contribution in [1.82, 2.24) is 15.8 Å². The minimum atomic E-state index is -0.531. The molecular formula is C18H23N3O3S. The lowest BCUT2D eigenvalue weighted by atomic mass is 10.1. The van der Waals surface area contributed by atoms with Gasteiger partial charge in [-0.05, 0) is 18.4 Å². The standard InChI is InChI=1S/C18H23N3O3S/c1-3-17(22)20-15(9-10-25-2)18(23)19-12-14-11-16(21-24-14)13-7-5-4-6-8-13/h4-8,11,15H,3,9-10,12H2,1-2H3,(H,19,23)(H,20,22). The van der Waals surface area contributed by atoms with Crippen LogP contribution in [-0.4, -0.2) is 35.0 Å². The molecule has 6 nitrogen and oxygen atoms in total. The van der Waals surface area contributed by atoms with Gasteiger partial charge in [0.25, 0.3) is 0 Å². The van der Waals surface area contributed by atoms with Crippen LogP contribution in [0.15, 0.2) is 40.9 Å². The van der Waals surface area contributed by atoms with Gasteiger partial charge in [-0.25, -0.2) is 0 Å². The van der Waals surface area contributed by atoms with Crippen molar-refractivity contribution in [3.63, 3.8) is 0 Å². The van der Waals surface area contributed by atoms with Crippen molar-refractivity contribution in [2.24, 2.45) is 0 Å². The average Bonchev–Trinajstić information content (AvgIpc) is 3.12. The zero-order valence-electron chi connectivity index (χ0n) is 14.5. The summed E-state index contributed by atoms with van der Waals surface area (Å²) in [5.74, 6) is 1.01. The van der Waals surface area contributed by atoms with Gasteiger partial charge < -0.3 is 15.2 Å². The number of nitrogens with zero attached hydrogens (tertiary/aromatic N) is 1. The molecular weight excluding hydrogens is 338 g/mol. The van der Waals surface area contributed by atoms with Crippen LogP contribution in [0.5, 0.6) is 0 Å². The molecule has 2 aromatic rings. The highest BCUT2D eigenvalue weighted by Gasteiger charge is 2.20. The third-order valence-electron chi connectivity index (χ3n) is 3.65. The molecule has 1 aromatic carbocycles. The van der Waals surface area contributed by atoms with Crippen molar-refractivity contribution in [3.05, 3.63) is 42.2 Å². The van der Waals surface area contributed by atoms with Gasteiger partial charge in [0, 0.05) is 18.1 Å². The molecule has 7 heteroatoms. The maximum atomic E-state index is 12.4. The fraction of sp³-hybridized carbons (Fsp3) is 0.389. The molecule has 0 aliphatic rings. The summed E-state index contributed by atoms with van der Waals surface area (Å²) in [4.78, 5) is 24.0. The third-order valence-corrected chi connectivity index (χ3v) is 4.29. The molecule has 1 atom stereocenters. The normalized spacial score (nSPS) is 11.8. The minimum Gasteiger partial charge on any atom is -0.359 e. The van der Waals surface area contributed by atoms with Crippen LogP contribution in [0.2, 0.25) is 0 Å². The molecule has 0 bridgehead atoms. The van der Waals surface area contributed by atoms with Crippen molar-refractivity contribution in [2.45, 2.75) is 32.4 Å². The fourth-order valence-corrected chi connectivity index (χ4v) is 2.71. The Kier molecular flexibility index (Phi) is 7.53. The number of hydrogen-bond donors (Lipinski definition) is 2. The maximum absolute atomic E-state index is 12.4. The lowest BCUT2D eigenvalue weighted by Crippen LogP contribution is -2.46. The van der Waals surface area contributed by atoms with E-state index < -0.39 is 6.04 Å². The number of nitrogens with one attached hydrogen (secondary N) is 2. The highest BCUT2D eigenvalue weighted by atomic mass is 32.2. The first-order valence-electron chi connectivity index (χ1n) is 8.21. The van der Waals surface area contributed by atoms with Gasteiger partial charge in [-0.15, -0.1) is 0 Å². The average molecular weight is 361 g/mol. The van der Waals surface area contributed by atoms with E-state index in [9.17, 15) is 9.59 Å². The Morgan fingerprint density at radius 2 is 2.04 bits per heavy atom. The quantitative estimate of drug-likeness (QED) is 0.717. The van der Waals surface area contributed by atoms with E-state index in [4.69, 9.17) is 4.52 Å². The van der Waals surface area contributed by atoms with Crippen LogP contribution in [-0.2, 0) is 16.1 Å². The van der Waals surface area contributed by atoms with Crippen LogP contribution in [0.1, 0.15) is 25.5 Å². The Morgan fingerprint density at radius 1 is 1.28 bits per heavy atom. The van der Waals surface area contributed by atoms with Crippen molar-refractivity contribution < 1.29 is 14.1 Å². The monoisotopic (exact) mass is 361 g/mol. The molecule has 0 fully saturated rings. The molecule has 1 heterocycles. The summed E-state index contributed by atoms with van der Waals surface area (Å²) in [6.07, 6.45) is 2.91. The highest BCUT2D eigenvalue weighted by Crippen LogP contribution is 2.18. The van der Waals surface area contributed by atoms with Gasteiger partial charge in [-0.3, -0.25) is 9.59 Å². The van der Waals surface area contributed by atoms with E-state index in [-0.39, 0.29) is 18.4 Å². The molecule has 0 aliphatic heterocycles. The van der Waals surface area contributed by atoms with Crippen LogP contribution in [0, 0.1) is 0 Å². The smallest absolute Gasteiger partial charge is 0.242 e. The zero-order chi connectivity index (χ0) is 18.1. The van der Waals surface area contributed by atoms with Gasteiger partial charge in [0.2, 0.25) is 11.8 Å². The number of benzene rings is 1.